The Labute approximate surface area is 78.1 Å². The highest BCUT2D eigenvalue weighted by atomic mass is 16.5. The molecule has 0 aliphatic carbocycles. The number of aromatic nitrogens is 2. The third-order valence-electron chi connectivity index (χ3n) is 1.72. The molecule has 0 saturated heterocycles. The van der Waals surface area contributed by atoms with Gasteiger partial charge in [-0.15, -0.1) is 0 Å². The van der Waals surface area contributed by atoms with Crippen LogP contribution in [0, 0.1) is 6.92 Å². The molecule has 0 unspecified atom stereocenters. The lowest BCUT2D eigenvalue weighted by molar-refractivity contribution is 0.267. The van der Waals surface area contributed by atoms with Crippen LogP contribution in [0.4, 0.5) is 0 Å². The molecule has 1 aromatic heterocycles. The molecule has 0 spiro atoms. The second-order valence-corrected chi connectivity index (χ2v) is 3.08. The van der Waals surface area contributed by atoms with Crippen molar-refractivity contribution in [3.8, 4) is 0 Å². The molecular weight excluding hydrogens is 168 g/mol. The van der Waals surface area contributed by atoms with Crippen LogP contribution < -0.4 is 5.32 Å². The molecule has 1 heterocycles. The van der Waals surface area contributed by atoms with Crippen molar-refractivity contribution >= 4 is 0 Å². The van der Waals surface area contributed by atoms with Crippen molar-refractivity contribution in [1.82, 2.24) is 20.4 Å². The Morgan fingerprint density at radius 3 is 2.85 bits per heavy atom. The van der Waals surface area contributed by atoms with Crippen LogP contribution in [0.3, 0.4) is 0 Å². The Morgan fingerprint density at radius 1 is 1.54 bits per heavy atom. The van der Waals surface area contributed by atoms with Crippen molar-refractivity contribution in [3.63, 3.8) is 0 Å². The van der Waals surface area contributed by atoms with E-state index in [9.17, 15) is 0 Å². The minimum absolute atomic E-state index is 0.677. The maximum absolute atomic E-state index is 4.99. The average Bonchev–Trinajstić information content (AvgIpc) is 2.48. The van der Waals surface area contributed by atoms with E-state index in [0.717, 1.165) is 13.1 Å². The third kappa shape index (κ3) is 3.52. The van der Waals surface area contributed by atoms with Crippen molar-refractivity contribution in [1.29, 1.82) is 0 Å². The van der Waals surface area contributed by atoms with Crippen molar-refractivity contribution in [2.24, 2.45) is 0 Å². The molecule has 0 saturated carbocycles. The van der Waals surface area contributed by atoms with Crippen molar-refractivity contribution in [2.45, 2.75) is 13.5 Å². The monoisotopic (exact) mass is 184 g/mol. The highest BCUT2D eigenvalue weighted by Crippen LogP contribution is 1.99. The second-order valence-electron chi connectivity index (χ2n) is 3.08. The van der Waals surface area contributed by atoms with Gasteiger partial charge in [0.1, 0.15) is 0 Å². The summed E-state index contributed by atoms with van der Waals surface area (Å²) in [5.41, 5.74) is 0. The molecule has 0 bridgehead atoms. The summed E-state index contributed by atoms with van der Waals surface area (Å²) in [5.74, 6) is 1.37. The SMILES string of the molecule is CNCCN(C)Cc1nc(C)no1. The van der Waals surface area contributed by atoms with E-state index in [0.29, 0.717) is 18.3 Å². The van der Waals surface area contributed by atoms with E-state index in [2.05, 4.69) is 20.4 Å². The molecule has 74 valence electrons. The van der Waals surface area contributed by atoms with Crippen LogP contribution in [0.1, 0.15) is 11.7 Å². The summed E-state index contributed by atoms with van der Waals surface area (Å²) in [4.78, 5) is 6.25. The van der Waals surface area contributed by atoms with Gasteiger partial charge in [-0.25, -0.2) is 0 Å². The fourth-order valence-corrected chi connectivity index (χ4v) is 1.02. The quantitative estimate of drug-likeness (QED) is 0.699. The second kappa shape index (κ2) is 4.94. The Bertz CT molecular complexity index is 248. The molecule has 0 radical (unpaired) electrons. The highest BCUT2D eigenvalue weighted by Gasteiger charge is 2.05. The molecule has 0 fully saturated rings. The summed E-state index contributed by atoms with van der Waals surface area (Å²) in [5, 5.41) is 6.80. The standard InChI is InChI=1S/C8H16N4O/c1-7-10-8(13-11-7)6-12(3)5-4-9-2/h9H,4-6H2,1-3H3. The number of nitrogens with zero attached hydrogens (tertiary/aromatic N) is 3. The molecule has 0 aliphatic heterocycles. The number of aryl methyl sites for hydroxylation is 1. The minimum atomic E-state index is 0.677. The lowest BCUT2D eigenvalue weighted by atomic mass is 10.5. The number of hydrogen-bond acceptors (Lipinski definition) is 5. The van der Waals surface area contributed by atoms with Crippen LogP contribution in [0.5, 0.6) is 0 Å². The lowest BCUT2D eigenvalue weighted by Gasteiger charge is -2.12. The predicted molar refractivity (Wildman–Crippen MR) is 49.3 cm³/mol. The van der Waals surface area contributed by atoms with Crippen LogP contribution in [-0.2, 0) is 6.54 Å². The van der Waals surface area contributed by atoms with Crippen LogP contribution >= 0.6 is 0 Å². The predicted octanol–water partition coefficient (Wildman–Crippen LogP) is 0.0292. The lowest BCUT2D eigenvalue weighted by Crippen LogP contribution is -2.27. The van der Waals surface area contributed by atoms with Gasteiger partial charge in [0.2, 0.25) is 5.89 Å². The zero-order valence-electron chi connectivity index (χ0n) is 8.37. The smallest absolute Gasteiger partial charge is 0.240 e. The number of likely N-dealkylation sites (N-methyl/N-ethyl adjacent to an activating group) is 2. The van der Waals surface area contributed by atoms with Crippen molar-refractivity contribution < 1.29 is 4.52 Å². The number of hydrogen-bond donors (Lipinski definition) is 1. The molecule has 13 heavy (non-hydrogen) atoms. The minimum Gasteiger partial charge on any atom is -0.338 e. The van der Waals surface area contributed by atoms with E-state index in [1.165, 1.54) is 0 Å². The van der Waals surface area contributed by atoms with E-state index in [-0.39, 0.29) is 0 Å². The zero-order valence-corrected chi connectivity index (χ0v) is 8.37. The van der Waals surface area contributed by atoms with Gasteiger partial charge in [0.05, 0.1) is 6.54 Å². The first-order chi connectivity index (χ1) is 6.22. The van der Waals surface area contributed by atoms with Gasteiger partial charge in [-0.3, -0.25) is 4.90 Å². The number of nitrogens with one attached hydrogen (secondary N) is 1. The van der Waals surface area contributed by atoms with E-state index in [4.69, 9.17) is 4.52 Å². The van der Waals surface area contributed by atoms with Gasteiger partial charge in [-0.2, -0.15) is 4.98 Å². The molecule has 1 rings (SSSR count). The number of rotatable bonds is 5. The Balaban J connectivity index is 2.31. The normalized spacial score (nSPS) is 11.1. The summed E-state index contributed by atoms with van der Waals surface area (Å²) in [7, 11) is 3.96. The summed E-state index contributed by atoms with van der Waals surface area (Å²) < 4.78 is 4.99. The Kier molecular flexibility index (Phi) is 3.85. The van der Waals surface area contributed by atoms with E-state index >= 15 is 0 Å². The Hall–Kier alpha value is -0.940. The molecule has 0 atom stereocenters. The van der Waals surface area contributed by atoms with Gasteiger partial charge >= 0.3 is 0 Å². The first kappa shape index (κ1) is 10.1. The summed E-state index contributed by atoms with van der Waals surface area (Å²) in [6, 6.07) is 0. The molecule has 0 aromatic carbocycles. The third-order valence-corrected chi connectivity index (χ3v) is 1.72. The maximum atomic E-state index is 4.99. The molecule has 1 aromatic rings. The van der Waals surface area contributed by atoms with E-state index in [1.807, 2.05) is 21.0 Å². The van der Waals surface area contributed by atoms with Crippen LogP contribution in [0.25, 0.3) is 0 Å². The topological polar surface area (TPSA) is 54.2 Å². The Morgan fingerprint density at radius 2 is 2.31 bits per heavy atom. The van der Waals surface area contributed by atoms with Gasteiger partial charge in [0.25, 0.3) is 0 Å². The molecule has 5 nitrogen and oxygen atoms in total. The summed E-state index contributed by atoms with van der Waals surface area (Å²) in [6.07, 6.45) is 0. The molecule has 5 heteroatoms. The first-order valence-electron chi connectivity index (χ1n) is 4.34. The van der Waals surface area contributed by atoms with Gasteiger partial charge in [-0.05, 0) is 21.0 Å². The van der Waals surface area contributed by atoms with Gasteiger partial charge in [-0.1, -0.05) is 5.16 Å². The van der Waals surface area contributed by atoms with Gasteiger partial charge < -0.3 is 9.84 Å². The van der Waals surface area contributed by atoms with Crippen LogP contribution in [0.2, 0.25) is 0 Å². The van der Waals surface area contributed by atoms with Crippen molar-refractivity contribution in [2.75, 3.05) is 27.2 Å². The van der Waals surface area contributed by atoms with Crippen LogP contribution in [-0.4, -0.2) is 42.2 Å². The molecular formula is C8H16N4O. The molecule has 0 amide bonds. The van der Waals surface area contributed by atoms with E-state index < -0.39 is 0 Å². The van der Waals surface area contributed by atoms with Crippen molar-refractivity contribution in [3.05, 3.63) is 11.7 Å². The largest absolute Gasteiger partial charge is 0.338 e. The highest BCUT2D eigenvalue weighted by molar-refractivity contribution is 4.82. The maximum Gasteiger partial charge on any atom is 0.240 e. The van der Waals surface area contributed by atoms with Gasteiger partial charge in [0.15, 0.2) is 5.82 Å². The first-order valence-corrected chi connectivity index (χ1v) is 4.34. The summed E-state index contributed by atoms with van der Waals surface area (Å²) >= 11 is 0. The van der Waals surface area contributed by atoms with E-state index in [1.54, 1.807) is 0 Å². The van der Waals surface area contributed by atoms with Crippen LogP contribution in [0.15, 0.2) is 4.52 Å². The fraction of sp³-hybridized carbons (Fsp3) is 0.750. The molecule has 1 N–H and O–H groups in total. The van der Waals surface area contributed by atoms with Gasteiger partial charge in [0, 0.05) is 13.1 Å². The zero-order chi connectivity index (χ0) is 9.68. The molecule has 0 aliphatic rings. The summed E-state index contributed by atoms with van der Waals surface area (Å²) in [6.45, 7) is 4.46. The fourth-order valence-electron chi connectivity index (χ4n) is 1.02. The average molecular weight is 184 g/mol.